The molecule has 0 aliphatic carbocycles. The number of piperidine rings is 1. The number of nitrogens with one attached hydrogen (secondary N) is 1. The number of aromatic nitrogens is 4. The number of rotatable bonds is 4. The van der Waals surface area contributed by atoms with E-state index in [1.54, 1.807) is 18.7 Å². The van der Waals surface area contributed by atoms with E-state index in [9.17, 15) is 4.79 Å². The fraction of sp³-hybridized carbons (Fsp3) is 0.263. The first-order valence-electron chi connectivity index (χ1n) is 8.72. The summed E-state index contributed by atoms with van der Waals surface area (Å²) in [6.45, 7) is 1.41. The molecule has 0 saturated carbocycles. The lowest BCUT2D eigenvalue weighted by molar-refractivity contribution is 0.0710. The smallest absolute Gasteiger partial charge is 0.272 e. The van der Waals surface area contributed by atoms with E-state index in [0.717, 1.165) is 24.3 Å². The van der Waals surface area contributed by atoms with Gasteiger partial charge in [0.15, 0.2) is 0 Å². The molecule has 7 nitrogen and oxygen atoms in total. The number of imidazole rings is 1. The topological polar surface area (TPSA) is 75.9 Å². The average Bonchev–Trinajstić information content (AvgIpc) is 3.19. The number of benzene rings is 1. The van der Waals surface area contributed by atoms with E-state index in [2.05, 4.69) is 20.5 Å². The Morgan fingerprint density at radius 3 is 2.62 bits per heavy atom. The van der Waals surface area contributed by atoms with Gasteiger partial charge in [0.25, 0.3) is 5.91 Å². The van der Waals surface area contributed by atoms with Crippen LogP contribution >= 0.6 is 0 Å². The van der Waals surface area contributed by atoms with Gasteiger partial charge in [0.1, 0.15) is 11.5 Å². The first-order chi connectivity index (χ1) is 12.8. The van der Waals surface area contributed by atoms with Crippen LogP contribution in [0.15, 0.2) is 61.2 Å². The molecule has 1 aliphatic heterocycles. The molecule has 1 N–H and O–H groups in total. The minimum atomic E-state index is 0.0179. The van der Waals surface area contributed by atoms with Gasteiger partial charge in [-0.3, -0.25) is 9.36 Å². The zero-order valence-corrected chi connectivity index (χ0v) is 14.3. The van der Waals surface area contributed by atoms with Gasteiger partial charge >= 0.3 is 0 Å². The molecule has 0 bridgehead atoms. The van der Waals surface area contributed by atoms with E-state index in [4.69, 9.17) is 0 Å². The fourth-order valence-electron chi connectivity index (χ4n) is 3.22. The summed E-state index contributed by atoms with van der Waals surface area (Å²) in [5.74, 6) is 0.795. The van der Waals surface area contributed by atoms with E-state index >= 15 is 0 Å². The second kappa shape index (κ2) is 7.35. The summed E-state index contributed by atoms with van der Waals surface area (Å²) < 4.78 is 1.84. The molecule has 132 valence electrons. The second-order valence-corrected chi connectivity index (χ2v) is 6.30. The van der Waals surface area contributed by atoms with Crippen LogP contribution in [-0.4, -0.2) is 49.7 Å². The van der Waals surface area contributed by atoms with Crippen molar-refractivity contribution in [2.45, 2.75) is 18.9 Å². The Hall–Kier alpha value is -3.22. The Bertz CT molecular complexity index is 856. The van der Waals surface area contributed by atoms with Crippen molar-refractivity contribution < 1.29 is 4.79 Å². The number of carbonyl (C=O) groups excluding carboxylic acids is 1. The molecule has 0 atom stereocenters. The molecule has 1 fully saturated rings. The Morgan fingerprint density at radius 2 is 1.88 bits per heavy atom. The number of anilines is 1. The maximum absolute atomic E-state index is 12.9. The van der Waals surface area contributed by atoms with Crippen molar-refractivity contribution in [2.24, 2.45) is 0 Å². The van der Waals surface area contributed by atoms with Crippen LogP contribution in [0.25, 0.3) is 5.69 Å². The van der Waals surface area contributed by atoms with Crippen molar-refractivity contribution in [3.05, 3.63) is 66.9 Å². The van der Waals surface area contributed by atoms with Gasteiger partial charge in [0.2, 0.25) is 0 Å². The lowest BCUT2D eigenvalue weighted by Gasteiger charge is -2.32. The van der Waals surface area contributed by atoms with Crippen LogP contribution in [0.1, 0.15) is 23.3 Å². The Morgan fingerprint density at radius 1 is 1.08 bits per heavy atom. The van der Waals surface area contributed by atoms with Crippen molar-refractivity contribution in [1.82, 2.24) is 24.6 Å². The zero-order valence-electron chi connectivity index (χ0n) is 14.3. The van der Waals surface area contributed by atoms with E-state index in [-0.39, 0.29) is 5.91 Å². The van der Waals surface area contributed by atoms with Gasteiger partial charge in [-0.1, -0.05) is 18.2 Å². The van der Waals surface area contributed by atoms with Crippen molar-refractivity contribution in [3.63, 3.8) is 0 Å². The lowest BCUT2D eigenvalue weighted by Crippen LogP contribution is -2.43. The van der Waals surface area contributed by atoms with Crippen LogP contribution in [0.3, 0.4) is 0 Å². The Balaban J connectivity index is 1.41. The molecule has 3 heterocycles. The standard InChI is InChI=1S/C19H20N6O/c26-19(17-13-20-14-25(17)16-5-2-1-3-6-16)24-11-8-15(9-12-24)22-18-7-4-10-21-23-18/h1-7,10,13-15H,8-9,11-12H2,(H,22,23). The van der Waals surface area contributed by atoms with Gasteiger partial charge < -0.3 is 10.2 Å². The number of hydrogen-bond donors (Lipinski definition) is 1. The monoisotopic (exact) mass is 348 g/mol. The molecular formula is C19H20N6O. The Kier molecular flexibility index (Phi) is 4.59. The number of nitrogens with zero attached hydrogens (tertiary/aromatic N) is 5. The normalized spacial score (nSPS) is 15.0. The van der Waals surface area contributed by atoms with Gasteiger partial charge in [-0.25, -0.2) is 4.98 Å². The minimum absolute atomic E-state index is 0.0179. The molecule has 1 saturated heterocycles. The highest BCUT2D eigenvalue weighted by Gasteiger charge is 2.26. The summed E-state index contributed by atoms with van der Waals surface area (Å²) in [5, 5.41) is 11.3. The van der Waals surface area contributed by atoms with Gasteiger partial charge in [0, 0.05) is 31.0 Å². The highest BCUT2D eigenvalue weighted by Crippen LogP contribution is 2.18. The molecule has 1 amide bonds. The largest absolute Gasteiger partial charge is 0.366 e. The highest BCUT2D eigenvalue weighted by molar-refractivity contribution is 5.93. The van der Waals surface area contributed by atoms with Crippen LogP contribution in [0.4, 0.5) is 5.82 Å². The van der Waals surface area contributed by atoms with Gasteiger partial charge in [0.05, 0.1) is 12.5 Å². The first-order valence-corrected chi connectivity index (χ1v) is 8.72. The molecule has 4 rings (SSSR count). The maximum Gasteiger partial charge on any atom is 0.272 e. The number of carbonyl (C=O) groups is 1. The SMILES string of the molecule is O=C(c1cncn1-c1ccccc1)N1CCC(Nc2cccnn2)CC1. The van der Waals surface area contributed by atoms with Crippen molar-refractivity contribution in [3.8, 4) is 5.69 Å². The van der Waals surface area contributed by atoms with Crippen molar-refractivity contribution in [1.29, 1.82) is 0 Å². The van der Waals surface area contributed by atoms with Crippen molar-refractivity contribution in [2.75, 3.05) is 18.4 Å². The molecule has 1 aliphatic rings. The van der Waals surface area contributed by atoms with Crippen LogP contribution in [0.5, 0.6) is 0 Å². The molecular weight excluding hydrogens is 328 g/mol. The van der Waals surface area contributed by atoms with Gasteiger partial charge in [-0.15, -0.1) is 5.10 Å². The number of likely N-dealkylation sites (tertiary alicyclic amines) is 1. The van der Waals surface area contributed by atoms with Gasteiger partial charge in [-0.05, 0) is 37.1 Å². The third-order valence-corrected chi connectivity index (χ3v) is 4.60. The summed E-state index contributed by atoms with van der Waals surface area (Å²) in [6.07, 6.45) is 6.73. The van der Waals surface area contributed by atoms with E-state index in [0.29, 0.717) is 24.8 Å². The summed E-state index contributed by atoms with van der Waals surface area (Å²) >= 11 is 0. The highest BCUT2D eigenvalue weighted by atomic mass is 16.2. The van der Waals surface area contributed by atoms with Crippen molar-refractivity contribution >= 4 is 11.7 Å². The number of hydrogen-bond acceptors (Lipinski definition) is 5. The van der Waals surface area contributed by atoms with Gasteiger partial charge in [-0.2, -0.15) is 5.10 Å². The molecule has 2 aromatic heterocycles. The van der Waals surface area contributed by atoms with Crippen LogP contribution < -0.4 is 5.32 Å². The number of para-hydroxylation sites is 1. The molecule has 0 unspecified atom stereocenters. The summed E-state index contributed by atoms with van der Waals surface area (Å²) in [7, 11) is 0. The summed E-state index contributed by atoms with van der Waals surface area (Å²) in [6, 6.07) is 13.9. The first kappa shape index (κ1) is 16.3. The van der Waals surface area contributed by atoms with Crippen LogP contribution in [-0.2, 0) is 0 Å². The molecule has 0 spiro atoms. The molecule has 26 heavy (non-hydrogen) atoms. The van der Waals surface area contributed by atoms with Crippen LogP contribution in [0.2, 0.25) is 0 Å². The van der Waals surface area contributed by atoms with Crippen LogP contribution in [0, 0.1) is 0 Å². The summed E-state index contributed by atoms with van der Waals surface area (Å²) in [4.78, 5) is 19.0. The second-order valence-electron chi connectivity index (χ2n) is 6.30. The molecule has 1 aromatic carbocycles. The average molecular weight is 348 g/mol. The van der Waals surface area contributed by atoms with E-state index in [1.807, 2.05) is 51.9 Å². The maximum atomic E-state index is 12.9. The molecule has 7 heteroatoms. The zero-order chi connectivity index (χ0) is 17.8. The third-order valence-electron chi connectivity index (χ3n) is 4.60. The molecule has 0 radical (unpaired) electrons. The fourth-order valence-corrected chi connectivity index (χ4v) is 3.22. The predicted octanol–water partition coefficient (Wildman–Crippen LogP) is 2.38. The lowest BCUT2D eigenvalue weighted by atomic mass is 10.0. The van der Waals surface area contributed by atoms with E-state index < -0.39 is 0 Å². The molecule has 3 aromatic rings. The summed E-state index contributed by atoms with van der Waals surface area (Å²) in [5.41, 5.74) is 1.53. The number of amides is 1. The van der Waals surface area contributed by atoms with E-state index in [1.165, 1.54) is 0 Å². The third kappa shape index (κ3) is 3.42. The quantitative estimate of drug-likeness (QED) is 0.783. The predicted molar refractivity (Wildman–Crippen MR) is 98.1 cm³/mol. The minimum Gasteiger partial charge on any atom is -0.366 e. The Labute approximate surface area is 151 Å².